The van der Waals surface area contributed by atoms with Crippen molar-refractivity contribution in [3.05, 3.63) is 23.8 Å². The van der Waals surface area contributed by atoms with Gasteiger partial charge in [-0.1, -0.05) is 0 Å². The summed E-state index contributed by atoms with van der Waals surface area (Å²) in [6.45, 7) is 0. The summed E-state index contributed by atoms with van der Waals surface area (Å²) in [6.07, 6.45) is 0. The smallest absolute Gasteiger partial charge is 0.282 e. The zero-order chi connectivity index (χ0) is 13.4. The molecule has 0 unspecified atom stereocenters. The Bertz CT molecular complexity index is 624. The first-order valence-corrected chi connectivity index (χ1v) is 6.76. The van der Waals surface area contributed by atoms with Gasteiger partial charge in [0.2, 0.25) is 0 Å². The topological polar surface area (TPSA) is 150 Å². The van der Waals surface area contributed by atoms with Gasteiger partial charge >= 0.3 is 0 Å². The van der Waals surface area contributed by atoms with Gasteiger partial charge in [0.05, 0.1) is 9.79 Å². The third kappa shape index (κ3) is 3.23. The predicted molar refractivity (Wildman–Crippen MR) is 53.5 cm³/mol. The standard InChI is InChI=1S/C7H6NO7S2/c8-7(9)4-1-5(16(10,11)12)3-6(2-4)17(13,14)15/h1-3,8H,(H,10,11,12)(H,13,14,15). The highest BCUT2D eigenvalue weighted by atomic mass is 32.2. The molecular weight excluding hydrogens is 274 g/mol. The van der Waals surface area contributed by atoms with Crippen molar-refractivity contribution >= 4 is 26.1 Å². The van der Waals surface area contributed by atoms with E-state index in [1.165, 1.54) is 0 Å². The lowest BCUT2D eigenvalue weighted by atomic mass is 10.2. The minimum absolute atomic E-state index is 0.469. The zero-order valence-electron chi connectivity index (χ0n) is 7.98. The molecule has 1 amide bonds. The molecule has 8 nitrogen and oxygen atoms in total. The van der Waals surface area contributed by atoms with E-state index in [2.05, 4.69) is 0 Å². The maximum atomic E-state index is 10.8. The van der Waals surface area contributed by atoms with Crippen LogP contribution in [0.25, 0.3) is 0 Å². The van der Waals surface area contributed by atoms with E-state index in [1.807, 2.05) is 0 Å². The monoisotopic (exact) mass is 280 g/mol. The van der Waals surface area contributed by atoms with Crippen LogP contribution in [-0.4, -0.2) is 31.8 Å². The molecule has 1 rings (SSSR count). The fourth-order valence-corrected chi connectivity index (χ4v) is 2.18. The lowest BCUT2D eigenvalue weighted by molar-refractivity contribution is 0.0991. The van der Waals surface area contributed by atoms with Gasteiger partial charge in [-0.3, -0.25) is 19.6 Å². The lowest BCUT2D eigenvalue weighted by Gasteiger charge is -2.03. The Morgan fingerprint density at radius 1 is 0.941 bits per heavy atom. The molecule has 93 valence electrons. The first-order chi connectivity index (χ1) is 7.51. The van der Waals surface area contributed by atoms with E-state index in [9.17, 15) is 21.6 Å². The van der Waals surface area contributed by atoms with E-state index in [0.717, 1.165) is 0 Å². The van der Waals surface area contributed by atoms with Gasteiger partial charge in [-0.05, 0) is 18.2 Å². The van der Waals surface area contributed by atoms with Crippen LogP contribution < -0.4 is 5.73 Å². The molecule has 0 aliphatic rings. The molecule has 0 atom stereocenters. The third-order valence-corrected chi connectivity index (χ3v) is 3.40. The number of rotatable bonds is 3. The summed E-state index contributed by atoms with van der Waals surface area (Å²) in [5.41, 5.74) is 6.14. The van der Waals surface area contributed by atoms with Gasteiger partial charge in [0.25, 0.3) is 26.1 Å². The fraction of sp³-hybridized carbons (Fsp3) is 0. The highest BCUT2D eigenvalue weighted by Crippen LogP contribution is 2.18. The summed E-state index contributed by atoms with van der Waals surface area (Å²) >= 11 is 0. The lowest BCUT2D eigenvalue weighted by Crippen LogP contribution is -2.08. The van der Waals surface area contributed by atoms with Crippen LogP contribution in [0.3, 0.4) is 0 Å². The van der Waals surface area contributed by atoms with E-state index in [0.29, 0.717) is 18.2 Å². The molecule has 1 aromatic carbocycles. The molecule has 0 heterocycles. The third-order valence-electron chi connectivity index (χ3n) is 1.74. The van der Waals surface area contributed by atoms with Gasteiger partial charge < -0.3 is 0 Å². The summed E-state index contributed by atoms with van der Waals surface area (Å²) in [7, 11) is -9.51. The Labute approximate surface area is 96.6 Å². The summed E-state index contributed by atoms with van der Waals surface area (Å²) in [4.78, 5) is 8.92. The van der Waals surface area contributed by atoms with Crippen LogP contribution in [0, 0.1) is 0 Å². The number of carbonyl (C=O) groups excluding carboxylic acids is 1. The Balaban J connectivity index is 3.68. The van der Waals surface area contributed by atoms with Crippen molar-refractivity contribution in [1.29, 1.82) is 0 Å². The van der Waals surface area contributed by atoms with Gasteiger partial charge in [0.1, 0.15) is 0 Å². The quantitative estimate of drug-likeness (QED) is 0.715. The number of carbonyl (C=O) groups is 1. The molecular formula is C7H6NO7S2. The molecule has 0 aromatic heterocycles. The second-order valence-corrected chi connectivity index (χ2v) is 5.82. The fourth-order valence-electron chi connectivity index (χ4n) is 1.00. The van der Waals surface area contributed by atoms with Gasteiger partial charge in [-0.2, -0.15) is 16.8 Å². The maximum absolute atomic E-state index is 10.8. The molecule has 17 heavy (non-hydrogen) atoms. The van der Waals surface area contributed by atoms with Crippen molar-refractivity contribution in [1.82, 2.24) is 5.73 Å². The second-order valence-electron chi connectivity index (χ2n) is 2.97. The SMILES string of the molecule is [NH]C(=O)c1cc(S(=O)(=O)O)cc(S(=O)(=O)O)c1. The van der Waals surface area contributed by atoms with E-state index < -0.39 is 41.5 Å². The largest absolute Gasteiger partial charge is 0.294 e. The highest BCUT2D eigenvalue weighted by Gasteiger charge is 2.19. The molecule has 0 fully saturated rings. The normalized spacial score (nSPS) is 12.4. The summed E-state index contributed by atoms with van der Waals surface area (Å²) in [5.74, 6) is -1.36. The molecule has 10 heteroatoms. The van der Waals surface area contributed by atoms with Gasteiger partial charge in [0.15, 0.2) is 0 Å². The van der Waals surface area contributed by atoms with Gasteiger partial charge in [0, 0.05) is 5.56 Å². The Kier molecular flexibility index (Phi) is 3.25. The molecule has 0 saturated carbocycles. The van der Waals surface area contributed by atoms with Crippen LogP contribution in [0.5, 0.6) is 0 Å². The number of hydrogen-bond acceptors (Lipinski definition) is 5. The average molecular weight is 280 g/mol. The van der Waals surface area contributed by atoms with Crippen LogP contribution in [0.2, 0.25) is 0 Å². The van der Waals surface area contributed by atoms with Crippen LogP contribution in [0.4, 0.5) is 0 Å². The van der Waals surface area contributed by atoms with Gasteiger partial charge in [-0.25, -0.2) is 0 Å². The molecule has 1 aromatic rings. The number of benzene rings is 1. The summed E-state index contributed by atoms with van der Waals surface area (Å²) in [5, 5.41) is 0. The van der Waals surface area contributed by atoms with Crippen LogP contribution in [0.1, 0.15) is 10.4 Å². The minimum atomic E-state index is -4.75. The summed E-state index contributed by atoms with van der Waals surface area (Å²) in [6, 6.07) is 1.72. The average Bonchev–Trinajstić information content (AvgIpc) is 2.14. The first-order valence-electron chi connectivity index (χ1n) is 3.88. The van der Waals surface area contributed by atoms with E-state index >= 15 is 0 Å². The number of nitrogens with one attached hydrogen (secondary N) is 1. The molecule has 1 radical (unpaired) electrons. The van der Waals surface area contributed by atoms with Crippen LogP contribution >= 0.6 is 0 Å². The number of amides is 1. The molecule has 3 N–H and O–H groups in total. The molecule has 0 spiro atoms. The Hall–Kier alpha value is -1.49. The molecule has 0 aliphatic carbocycles. The van der Waals surface area contributed by atoms with Crippen molar-refractivity contribution in [2.24, 2.45) is 0 Å². The van der Waals surface area contributed by atoms with Gasteiger partial charge in [-0.15, -0.1) is 0 Å². The van der Waals surface area contributed by atoms with Crippen molar-refractivity contribution in [2.45, 2.75) is 9.79 Å². The van der Waals surface area contributed by atoms with Crippen LogP contribution in [0.15, 0.2) is 28.0 Å². The molecule has 0 bridgehead atoms. The highest BCUT2D eigenvalue weighted by molar-refractivity contribution is 7.86. The predicted octanol–water partition coefficient (Wildman–Crippen LogP) is -0.397. The first kappa shape index (κ1) is 13.6. The summed E-state index contributed by atoms with van der Waals surface area (Å²) < 4.78 is 60.6. The van der Waals surface area contributed by atoms with E-state index in [-0.39, 0.29) is 0 Å². The van der Waals surface area contributed by atoms with Crippen molar-refractivity contribution in [3.8, 4) is 0 Å². The van der Waals surface area contributed by atoms with Crippen LogP contribution in [-0.2, 0) is 20.2 Å². The number of hydrogen-bond donors (Lipinski definition) is 2. The van der Waals surface area contributed by atoms with E-state index in [1.54, 1.807) is 0 Å². The zero-order valence-corrected chi connectivity index (χ0v) is 9.62. The Morgan fingerprint density at radius 2 is 1.29 bits per heavy atom. The van der Waals surface area contributed by atoms with E-state index in [4.69, 9.17) is 14.8 Å². The van der Waals surface area contributed by atoms with Crippen molar-refractivity contribution < 1.29 is 30.7 Å². The minimum Gasteiger partial charge on any atom is -0.282 e. The van der Waals surface area contributed by atoms with Crippen molar-refractivity contribution in [3.63, 3.8) is 0 Å². The molecule has 0 saturated heterocycles. The Morgan fingerprint density at radius 3 is 1.53 bits per heavy atom. The second kappa shape index (κ2) is 4.07. The molecule has 0 aliphatic heterocycles. The van der Waals surface area contributed by atoms with Crippen molar-refractivity contribution in [2.75, 3.05) is 0 Å². The maximum Gasteiger partial charge on any atom is 0.294 e.